The van der Waals surface area contributed by atoms with Crippen LogP contribution in [0.5, 0.6) is 11.5 Å². The minimum atomic E-state index is -2.04. The summed E-state index contributed by atoms with van der Waals surface area (Å²) in [5.41, 5.74) is -0.0569. The van der Waals surface area contributed by atoms with Crippen LogP contribution in [0, 0.1) is 18.3 Å². The molecular weight excluding hydrogens is 812 g/mol. The van der Waals surface area contributed by atoms with Crippen molar-refractivity contribution in [1.29, 1.82) is 5.26 Å². The van der Waals surface area contributed by atoms with Gasteiger partial charge in [0.05, 0.1) is 45.5 Å². The maximum absolute atomic E-state index is 14.4. The third-order valence-electron chi connectivity index (χ3n) is 10.5. The fourth-order valence-corrected chi connectivity index (χ4v) is 9.28. The van der Waals surface area contributed by atoms with E-state index >= 15 is 0 Å². The molecule has 1 aromatic heterocycles. The van der Waals surface area contributed by atoms with E-state index in [9.17, 15) is 19.6 Å². The minimum Gasteiger partial charge on any atom is -0.497 e. The highest BCUT2D eigenvalue weighted by Gasteiger charge is 2.52. The number of benzene rings is 4. The number of methoxy groups -OCH3 is 2. The fourth-order valence-electron chi connectivity index (χ4n) is 7.55. The molecule has 0 amide bonds. The topological polar surface area (TPSA) is 164 Å². The van der Waals surface area contributed by atoms with Crippen LogP contribution in [0.3, 0.4) is 0 Å². The number of aromatic amines is 1. The molecule has 5 aromatic rings. The molecule has 14 nitrogen and oxygen atoms in total. The molecule has 0 saturated carbocycles. The fraction of sp³-hybridized carbons (Fsp3) is 0.362. The second-order valence-corrected chi connectivity index (χ2v) is 16.6. The first kappa shape index (κ1) is 45.9. The Kier molecular flexibility index (Phi) is 15.5. The lowest BCUT2D eigenvalue weighted by atomic mass is 9.79. The molecule has 1 fully saturated rings. The molecule has 4 aromatic carbocycles. The molecule has 1 saturated heterocycles. The first-order chi connectivity index (χ1) is 29.9. The predicted octanol–water partition coefficient (Wildman–Crippen LogP) is 7.66. The minimum absolute atomic E-state index is 0.0363. The van der Waals surface area contributed by atoms with Gasteiger partial charge in [0.1, 0.15) is 23.2 Å². The van der Waals surface area contributed by atoms with Crippen LogP contribution in [0.1, 0.15) is 73.0 Å². The highest BCUT2D eigenvalue weighted by atomic mass is 31.2. The van der Waals surface area contributed by atoms with Crippen molar-refractivity contribution in [3.8, 4) is 17.6 Å². The zero-order chi connectivity index (χ0) is 44.4. The lowest BCUT2D eigenvalue weighted by Gasteiger charge is -2.47. The molecule has 1 aliphatic heterocycles. The van der Waals surface area contributed by atoms with Crippen molar-refractivity contribution in [1.82, 2.24) is 14.2 Å². The summed E-state index contributed by atoms with van der Waals surface area (Å²) >= 11 is 0. The van der Waals surface area contributed by atoms with Gasteiger partial charge in [0.2, 0.25) is 0 Å². The van der Waals surface area contributed by atoms with Crippen LogP contribution < -0.4 is 20.7 Å². The summed E-state index contributed by atoms with van der Waals surface area (Å²) in [6.07, 6.45) is -3.51. The van der Waals surface area contributed by atoms with Gasteiger partial charge in [0, 0.05) is 23.8 Å². The quantitative estimate of drug-likeness (QED) is 0.0397. The van der Waals surface area contributed by atoms with E-state index in [1.165, 1.54) is 10.8 Å². The van der Waals surface area contributed by atoms with Gasteiger partial charge in [-0.05, 0) is 87.7 Å². The molecule has 62 heavy (non-hydrogen) atoms. The Balaban J connectivity index is 1.60. The van der Waals surface area contributed by atoms with Crippen molar-refractivity contribution in [3.05, 3.63) is 164 Å². The molecule has 0 aliphatic carbocycles. The van der Waals surface area contributed by atoms with E-state index in [2.05, 4.69) is 11.1 Å². The summed E-state index contributed by atoms with van der Waals surface area (Å²) in [6, 6.07) is 35.1. The van der Waals surface area contributed by atoms with Crippen LogP contribution in [-0.4, -0.2) is 78.0 Å². The third kappa shape index (κ3) is 10.2. The summed E-state index contributed by atoms with van der Waals surface area (Å²) in [5.74, 6) is 0.578. The summed E-state index contributed by atoms with van der Waals surface area (Å²) in [4.78, 5) is 43.2. The number of hydrogen-bond acceptors (Lipinski definition) is 12. The van der Waals surface area contributed by atoms with Gasteiger partial charge < -0.3 is 32.7 Å². The SMILES string of the molecule is COc1ccc(C(O[C@H]2CO[C@@H](n3cc(C)c(=O)[nH]c3=O)[C@H](OP(OCCC#N)N(C(C)C)C(C)C)[C@@H]2OC(=O)c2ccccc2)(c2ccccc2)c2ccc(OC)cc2)cc1. The average Bonchev–Trinajstić information content (AvgIpc) is 3.28. The van der Waals surface area contributed by atoms with Crippen LogP contribution >= 0.6 is 8.53 Å². The second-order valence-electron chi connectivity index (χ2n) is 15.2. The number of aryl methyl sites for hydroxylation is 1. The first-order valence-corrected chi connectivity index (χ1v) is 21.5. The highest BCUT2D eigenvalue weighted by molar-refractivity contribution is 7.44. The summed E-state index contributed by atoms with van der Waals surface area (Å²) in [7, 11) is 1.15. The molecule has 15 heteroatoms. The molecule has 0 bridgehead atoms. The van der Waals surface area contributed by atoms with Gasteiger partial charge in [-0.25, -0.2) is 14.3 Å². The van der Waals surface area contributed by atoms with Gasteiger partial charge in [-0.15, -0.1) is 0 Å². The Bertz CT molecular complexity index is 2330. The Labute approximate surface area is 362 Å². The number of aromatic nitrogens is 2. The third-order valence-corrected chi connectivity index (χ3v) is 12.6. The van der Waals surface area contributed by atoms with Gasteiger partial charge in [-0.2, -0.15) is 5.26 Å². The van der Waals surface area contributed by atoms with Crippen molar-refractivity contribution in [2.24, 2.45) is 0 Å². The van der Waals surface area contributed by atoms with Crippen molar-refractivity contribution in [2.75, 3.05) is 27.4 Å². The Morgan fingerprint density at radius 2 is 1.40 bits per heavy atom. The van der Waals surface area contributed by atoms with E-state index in [0.717, 1.165) is 5.56 Å². The number of nitriles is 1. The lowest BCUT2D eigenvalue weighted by molar-refractivity contribution is -0.235. The van der Waals surface area contributed by atoms with E-state index in [1.807, 2.05) is 111 Å². The number of hydrogen-bond donors (Lipinski definition) is 1. The van der Waals surface area contributed by atoms with Crippen LogP contribution in [0.2, 0.25) is 0 Å². The van der Waals surface area contributed by atoms with Gasteiger partial charge >= 0.3 is 11.7 Å². The monoisotopic (exact) mass is 864 g/mol. The van der Waals surface area contributed by atoms with Crippen LogP contribution in [-0.2, 0) is 28.9 Å². The van der Waals surface area contributed by atoms with Crippen molar-refractivity contribution in [3.63, 3.8) is 0 Å². The number of carbonyl (C=O) groups is 1. The zero-order valence-corrected chi connectivity index (χ0v) is 36.8. The van der Waals surface area contributed by atoms with E-state index in [4.69, 9.17) is 32.7 Å². The molecule has 0 radical (unpaired) electrons. The van der Waals surface area contributed by atoms with Crippen LogP contribution in [0.4, 0.5) is 0 Å². The van der Waals surface area contributed by atoms with Crippen LogP contribution in [0.25, 0.3) is 0 Å². The van der Waals surface area contributed by atoms with Gasteiger partial charge in [-0.1, -0.05) is 72.8 Å². The average molecular weight is 865 g/mol. The lowest BCUT2D eigenvalue weighted by Crippen LogP contribution is -2.58. The van der Waals surface area contributed by atoms with Crippen molar-refractivity contribution >= 4 is 14.5 Å². The standard InChI is InChI=1S/C47H53N4O10P/c1-31(2)51(32(3)4)62(58-28-14-27-48)61-42-41(59-45(53)34-15-10-8-11-16-34)40(30-57-44(42)50-29-33(5)43(52)49-46(50)54)60-47(35-17-12-9-13-18-35,36-19-23-38(55-6)24-20-36)37-21-25-39(56-7)26-22-37/h8-13,15-26,29,31-32,40-42,44H,14,28,30H2,1-7H3,(H,49,52,54)/t40-,41+,42+,44+,62?/m0/s1. The molecule has 1 N–H and O–H groups in total. The van der Waals surface area contributed by atoms with Gasteiger partial charge in [0.25, 0.3) is 14.1 Å². The largest absolute Gasteiger partial charge is 0.497 e. The molecule has 326 valence electrons. The summed E-state index contributed by atoms with van der Waals surface area (Å²) in [6.45, 7) is 9.37. The number of H-pyrrole nitrogens is 1. The van der Waals surface area contributed by atoms with E-state index in [0.29, 0.717) is 22.6 Å². The maximum atomic E-state index is 14.4. The summed E-state index contributed by atoms with van der Waals surface area (Å²) in [5, 5.41) is 9.51. The molecule has 5 atom stereocenters. The van der Waals surface area contributed by atoms with E-state index in [1.54, 1.807) is 51.5 Å². The Morgan fingerprint density at radius 1 is 0.855 bits per heavy atom. The molecule has 1 unspecified atom stereocenters. The van der Waals surface area contributed by atoms with E-state index in [-0.39, 0.29) is 42.8 Å². The van der Waals surface area contributed by atoms with Crippen LogP contribution in [0.15, 0.2) is 125 Å². The normalized spacial score (nSPS) is 18.3. The number of esters is 1. The number of carbonyl (C=O) groups excluding carboxylic acids is 1. The molecule has 1 aliphatic rings. The van der Waals surface area contributed by atoms with Gasteiger partial charge in [0.15, 0.2) is 18.4 Å². The maximum Gasteiger partial charge on any atom is 0.338 e. The molecule has 6 rings (SSSR count). The number of ether oxygens (including phenoxy) is 5. The second kappa shape index (κ2) is 20.9. The predicted molar refractivity (Wildman–Crippen MR) is 234 cm³/mol. The van der Waals surface area contributed by atoms with Crippen molar-refractivity contribution < 1.29 is 37.5 Å². The summed E-state index contributed by atoms with van der Waals surface area (Å²) < 4.78 is 48.7. The number of rotatable bonds is 18. The molecule has 0 spiro atoms. The molecular formula is C47H53N4O10P. The van der Waals surface area contributed by atoms with Gasteiger partial charge in [-0.3, -0.25) is 14.3 Å². The Morgan fingerprint density at radius 3 is 1.94 bits per heavy atom. The Hall–Kier alpha value is -5.65. The van der Waals surface area contributed by atoms with E-state index < -0.39 is 55.9 Å². The zero-order valence-electron chi connectivity index (χ0n) is 35.9. The highest BCUT2D eigenvalue weighted by Crippen LogP contribution is 2.51. The smallest absolute Gasteiger partial charge is 0.338 e. The number of nitrogens with zero attached hydrogens (tertiary/aromatic N) is 3. The first-order valence-electron chi connectivity index (χ1n) is 20.4. The van der Waals surface area contributed by atoms with Crippen molar-refractivity contribution in [2.45, 2.75) is 83.3 Å². The number of nitrogens with one attached hydrogen (secondary N) is 1. The molecule has 2 heterocycles.